The van der Waals surface area contributed by atoms with Crippen LogP contribution < -0.4 is 10.9 Å². The van der Waals surface area contributed by atoms with E-state index in [1.54, 1.807) is 36.4 Å². The zero-order chi connectivity index (χ0) is 17.4. The summed E-state index contributed by atoms with van der Waals surface area (Å²) < 4.78 is 1.21. The van der Waals surface area contributed by atoms with Gasteiger partial charge in [0.05, 0.1) is 11.4 Å². The van der Waals surface area contributed by atoms with Crippen LogP contribution in [0.4, 0.5) is 5.69 Å². The second-order valence-corrected chi connectivity index (χ2v) is 5.58. The summed E-state index contributed by atoms with van der Waals surface area (Å²) in [4.78, 5) is 37.8. The third-order valence-corrected chi connectivity index (χ3v) is 3.95. The molecule has 0 amide bonds. The molecule has 122 valence electrons. The molecule has 0 unspecified atom stereocenters. The van der Waals surface area contributed by atoms with Gasteiger partial charge in [-0.2, -0.15) is 0 Å². The summed E-state index contributed by atoms with van der Waals surface area (Å²) in [5.41, 5.74) is 0.629. The number of allylic oxidation sites excluding steroid dienone is 2. The summed E-state index contributed by atoms with van der Waals surface area (Å²) in [7, 11) is 0. The van der Waals surface area contributed by atoms with E-state index in [9.17, 15) is 14.4 Å². The van der Waals surface area contributed by atoms with Crippen LogP contribution in [-0.4, -0.2) is 21.3 Å². The van der Waals surface area contributed by atoms with Crippen molar-refractivity contribution in [3.63, 3.8) is 0 Å². The van der Waals surface area contributed by atoms with Gasteiger partial charge >= 0.3 is 0 Å². The Bertz CT molecular complexity index is 1060. The molecule has 1 aromatic heterocycles. The first-order chi connectivity index (χ1) is 12.1. The second kappa shape index (κ2) is 5.76. The summed E-state index contributed by atoms with van der Waals surface area (Å²) in [6, 6.07) is 17.8. The number of nitrogens with zero attached hydrogens (tertiary/aromatic N) is 1. The van der Waals surface area contributed by atoms with Gasteiger partial charge in [-0.3, -0.25) is 19.5 Å². The van der Waals surface area contributed by atoms with Crippen LogP contribution >= 0.6 is 0 Å². The van der Waals surface area contributed by atoms with E-state index in [-0.39, 0.29) is 17.0 Å². The quantitative estimate of drug-likeness (QED) is 0.772. The lowest BCUT2D eigenvalue weighted by Gasteiger charge is -2.12. The van der Waals surface area contributed by atoms with E-state index >= 15 is 0 Å². The van der Waals surface area contributed by atoms with E-state index < -0.39 is 17.1 Å². The molecule has 3 aromatic rings. The van der Waals surface area contributed by atoms with Crippen LogP contribution in [0.5, 0.6) is 0 Å². The number of hydrogen-bond acceptors (Lipinski definition) is 4. The van der Waals surface area contributed by atoms with E-state index in [4.69, 9.17) is 0 Å². The van der Waals surface area contributed by atoms with E-state index in [0.717, 1.165) is 0 Å². The minimum atomic E-state index is -0.542. The number of aromatic amines is 1. The predicted molar refractivity (Wildman–Crippen MR) is 93.2 cm³/mol. The fourth-order valence-electron chi connectivity index (χ4n) is 2.76. The smallest absolute Gasteiger partial charge is 0.283 e. The lowest BCUT2D eigenvalue weighted by Crippen LogP contribution is -2.26. The summed E-state index contributed by atoms with van der Waals surface area (Å²) in [6.45, 7) is 0. The summed E-state index contributed by atoms with van der Waals surface area (Å²) in [5.74, 6) is -0.922. The molecule has 2 N–H and O–H groups in total. The Morgan fingerprint density at radius 2 is 1.48 bits per heavy atom. The van der Waals surface area contributed by atoms with Gasteiger partial charge in [-0.1, -0.05) is 36.4 Å². The number of H-pyrrole nitrogens is 1. The topological polar surface area (TPSA) is 84.0 Å². The number of anilines is 1. The maximum absolute atomic E-state index is 12.7. The van der Waals surface area contributed by atoms with Crippen molar-refractivity contribution in [2.45, 2.75) is 0 Å². The van der Waals surface area contributed by atoms with Gasteiger partial charge in [-0.05, 0) is 24.3 Å². The lowest BCUT2D eigenvalue weighted by molar-refractivity contribution is 0.0983. The molecule has 4 rings (SSSR count). The highest BCUT2D eigenvalue weighted by molar-refractivity contribution is 6.24. The third kappa shape index (κ3) is 2.49. The lowest BCUT2D eigenvalue weighted by atomic mass is 9.99. The molecular formula is C19H13N3O3. The van der Waals surface area contributed by atoms with Gasteiger partial charge < -0.3 is 5.32 Å². The normalized spacial score (nSPS) is 13.4. The minimum absolute atomic E-state index is 0.0115. The molecule has 2 aromatic carbocycles. The number of ketones is 2. The fraction of sp³-hybridized carbons (Fsp3) is 0. The maximum atomic E-state index is 12.7. The van der Waals surface area contributed by atoms with Crippen LogP contribution in [0.25, 0.3) is 5.69 Å². The van der Waals surface area contributed by atoms with Crippen molar-refractivity contribution in [1.82, 2.24) is 9.78 Å². The average Bonchev–Trinajstić information content (AvgIpc) is 2.99. The SMILES string of the molecule is O=C1C=C(Nc2ccccc2)C(=O)c2c1[nH]n(-c1ccccc1)c2=O. The molecule has 0 fully saturated rings. The molecule has 0 radical (unpaired) electrons. The molecule has 0 aliphatic heterocycles. The van der Waals surface area contributed by atoms with Crippen LogP contribution in [0.1, 0.15) is 20.8 Å². The number of rotatable bonds is 3. The van der Waals surface area contributed by atoms with Gasteiger partial charge in [0, 0.05) is 11.8 Å². The van der Waals surface area contributed by atoms with Gasteiger partial charge in [-0.15, -0.1) is 0 Å². The van der Waals surface area contributed by atoms with Crippen molar-refractivity contribution in [3.05, 3.63) is 94.0 Å². The molecule has 25 heavy (non-hydrogen) atoms. The third-order valence-electron chi connectivity index (χ3n) is 3.95. The predicted octanol–water partition coefficient (Wildman–Crippen LogP) is 2.54. The number of aromatic nitrogens is 2. The molecular weight excluding hydrogens is 318 g/mol. The largest absolute Gasteiger partial charge is 0.352 e. The Kier molecular flexibility index (Phi) is 3.43. The molecule has 0 spiro atoms. The zero-order valence-electron chi connectivity index (χ0n) is 13.0. The van der Waals surface area contributed by atoms with Crippen LogP contribution in [0.15, 0.2) is 77.2 Å². The van der Waals surface area contributed by atoms with Gasteiger partial charge in [0.2, 0.25) is 11.6 Å². The molecule has 0 saturated carbocycles. The highest BCUT2D eigenvalue weighted by Gasteiger charge is 2.32. The molecule has 1 heterocycles. The fourth-order valence-corrected chi connectivity index (χ4v) is 2.76. The van der Waals surface area contributed by atoms with Crippen molar-refractivity contribution in [1.29, 1.82) is 0 Å². The number of Topliss-reactive ketones (excluding diaryl/α,β-unsaturated/α-hetero) is 1. The molecule has 0 saturated heterocycles. The molecule has 6 nitrogen and oxygen atoms in total. The Hall–Kier alpha value is -3.67. The first kappa shape index (κ1) is 14.9. The first-order valence-electron chi connectivity index (χ1n) is 7.68. The highest BCUT2D eigenvalue weighted by atomic mass is 16.2. The van der Waals surface area contributed by atoms with Crippen molar-refractivity contribution < 1.29 is 9.59 Å². The van der Waals surface area contributed by atoms with E-state index in [2.05, 4.69) is 10.4 Å². The number of carbonyl (C=O) groups excluding carboxylic acids is 2. The van der Waals surface area contributed by atoms with Gasteiger partial charge in [0.25, 0.3) is 5.56 Å². The number of carbonyl (C=O) groups is 2. The molecule has 0 bridgehead atoms. The van der Waals surface area contributed by atoms with Crippen LogP contribution in [-0.2, 0) is 0 Å². The summed E-state index contributed by atoms with van der Waals surface area (Å²) in [5, 5.41) is 5.65. The zero-order valence-corrected chi connectivity index (χ0v) is 13.0. The van der Waals surface area contributed by atoms with Crippen molar-refractivity contribution >= 4 is 17.3 Å². The Balaban J connectivity index is 1.77. The number of benzene rings is 2. The maximum Gasteiger partial charge on any atom is 0.283 e. The van der Waals surface area contributed by atoms with Crippen molar-refractivity contribution in [2.24, 2.45) is 0 Å². The molecule has 0 atom stereocenters. The molecule has 6 heteroatoms. The van der Waals surface area contributed by atoms with Crippen LogP contribution in [0.3, 0.4) is 0 Å². The number of hydrogen-bond donors (Lipinski definition) is 2. The minimum Gasteiger partial charge on any atom is -0.352 e. The number of fused-ring (bicyclic) bond motifs is 1. The van der Waals surface area contributed by atoms with Crippen LogP contribution in [0, 0.1) is 0 Å². The first-order valence-corrected chi connectivity index (χ1v) is 7.68. The standard InChI is InChI=1S/C19H13N3O3/c23-15-11-14(20-12-7-3-1-4-8-12)18(24)16-17(15)21-22(19(16)25)13-9-5-2-6-10-13/h1-11,20-21H. The summed E-state index contributed by atoms with van der Waals surface area (Å²) >= 11 is 0. The molecule has 1 aliphatic carbocycles. The molecule has 1 aliphatic rings. The average molecular weight is 331 g/mol. The summed E-state index contributed by atoms with van der Waals surface area (Å²) in [6.07, 6.45) is 1.21. The van der Waals surface area contributed by atoms with Crippen molar-refractivity contribution in [2.75, 3.05) is 5.32 Å². The number of para-hydroxylation sites is 2. The highest BCUT2D eigenvalue weighted by Crippen LogP contribution is 2.20. The second-order valence-electron chi connectivity index (χ2n) is 5.58. The van der Waals surface area contributed by atoms with Gasteiger partial charge in [0.15, 0.2) is 0 Å². The number of nitrogens with one attached hydrogen (secondary N) is 2. The van der Waals surface area contributed by atoms with Gasteiger partial charge in [-0.25, -0.2) is 4.68 Å². The Morgan fingerprint density at radius 3 is 2.16 bits per heavy atom. The van der Waals surface area contributed by atoms with Crippen molar-refractivity contribution in [3.8, 4) is 5.69 Å². The Morgan fingerprint density at radius 1 is 0.840 bits per heavy atom. The van der Waals surface area contributed by atoms with E-state index in [0.29, 0.717) is 11.4 Å². The monoisotopic (exact) mass is 331 g/mol. The van der Waals surface area contributed by atoms with E-state index in [1.165, 1.54) is 10.8 Å². The van der Waals surface area contributed by atoms with Crippen LogP contribution in [0.2, 0.25) is 0 Å². The van der Waals surface area contributed by atoms with Gasteiger partial charge in [0.1, 0.15) is 11.3 Å². The Labute approximate surface area is 142 Å². The van der Waals surface area contributed by atoms with E-state index in [1.807, 2.05) is 24.3 Å².